The van der Waals surface area contributed by atoms with Crippen LogP contribution in [0.3, 0.4) is 0 Å². The van der Waals surface area contributed by atoms with Gasteiger partial charge in [-0.15, -0.1) is 0 Å². The molecule has 1 atom stereocenters. The molecule has 1 fully saturated rings. The van der Waals surface area contributed by atoms with Crippen LogP contribution in [0, 0.1) is 19.8 Å². The fourth-order valence-corrected chi connectivity index (χ4v) is 4.13. The van der Waals surface area contributed by atoms with Gasteiger partial charge in [0.2, 0.25) is 0 Å². The molecule has 1 saturated heterocycles. The first-order valence-corrected chi connectivity index (χ1v) is 10.3. The van der Waals surface area contributed by atoms with Crippen molar-refractivity contribution in [2.75, 3.05) is 24.5 Å². The molecule has 29 heavy (non-hydrogen) atoms. The van der Waals surface area contributed by atoms with E-state index in [0.29, 0.717) is 24.6 Å². The fourth-order valence-electron chi connectivity index (χ4n) is 4.13. The largest absolute Gasteiger partial charge is 0.371 e. The molecule has 0 radical (unpaired) electrons. The summed E-state index contributed by atoms with van der Waals surface area (Å²) in [5.41, 5.74) is 4.85. The van der Waals surface area contributed by atoms with Crippen molar-refractivity contribution in [3.63, 3.8) is 0 Å². The van der Waals surface area contributed by atoms with Crippen molar-refractivity contribution >= 4 is 11.6 Å². The summed E-state index contributed by atoms with van der Waals surface area (Å²) < 4.78 is 1.92. The Bertz CT molecular complexity index is 965. The summed E-state index contributed by atoms with van der Waals surface area (Å²) in [5.74, 6) is 0.455. The zero-order valence-electron chi connectivity index (χ0n) is 17.1. The van der Waals surface area contributed by atoms with E-state index < -0.39 is 0 Å². The van der Waals surface area contributed by atoms with Crippen molar-refractivity contribution in [1.29, 1.82) is 0 Å². The molecule has 0 aliphatic carbocycles. The number of anilines is 1. The van der Waals surface area contributed by atoms with Gasteiger partial charge >= 0.3 is 0 Å². The quantitative estimate of drug-likeness (QED) is 0.699. The number of aromatic nitrogens is 2. The molecule has 1 aliphatic heterocycles. The third-order valence-electron chi connectivity index (χ3n) is 5.74. The summed E-state index contributed by atoms with van der Waals surface area (Å²) >= 11 is 0. The average molecular weight is 389 g/mol. The van der Waals surface area contributed by atoms with Crippen molar-refractivity contribution in [2.24, 2.45) is 5.92 Å². The Balaban J connectivity index is 1.37. The van der Waals surface area contributed by atoms with Crippen LogP contribution in [-0.2, 0) is 6.54 Å². The van der Waals surface area contributed by atoms with Crippen LogP contribution < -0.4 is 10.2 Å². The summed E-state index contributed by atoms with van der Waals surface area (Å²) in [6.45, 7) is 7.29. The van der Waals surface area contributed by atoms with Gasteiger partial charge in [-0.2, -0.15) is 5.10 Å². The Morgan fingerprint density at radius 2 is 1.76 bits per heavy atom. The van der Waals surface area contributed by atoms with Crippen LogP contribution in [0.1, 0.15) is 33.7 Å². The predicted molar refractivity (Wildman–Crippen MR) is 116 cm³/mol. The zero-order chi connectivity index (χ0) is 20.2. The highest BCUT2D eigenvalue weighted by Crippen LogP contribution is 2.23. The molecule has 0 spiro atoms. The molecule has 1 aliphatic rings. The molecular weight excluding hydrogens is 360 g/mol. The highest BCUT2D eigenvalue weighted by molar-refractivity contribution is 5.96. The highest BCUT2D eigenvalue weighted by Gasteiger charge is 2.24. The van der Waals surface area contributed by atoms with Crippen molar-refractivity contribution < 1.29 is 4.79 Å². The van der Waals surface area contributed by atoms with Gasteiger partial charge in [-0.05, 0) is 43.9 Å². The molecule has 4 rings (SSSR count). The number of carbonyl (C=O) groups excluding carboxylic acids is 1. The molecule has 1 amide bonds. The molecule has 5 nitrogen and oxygen atoms in total. The van der Waals surface area contributed by atoms with E-state index in [-0.39, 0.29) is 5.91 Å². The first kappa shape index (κ1) is 19.2. The maximum absolute atomic E-state index is 12.9. The van der Waals surface area contributed by atoms with E-state index in [4.69, 9.17) is 0 Å². The number of nitrogens with zero attached hydrogens (tertiary/aromatic N) is 3. The van der Waals surface area contributed by atoms with Crippen molar-refractivity contribution in [2.45, 2.75) is 26.8 Å². The van der Waals surface area contributed by atoms with E-state index in [9.17, 15) is 4.79 Å². The minimum Gasteiger partial charge on any atom is -0.371 e. The molecule has 2 heterocycles. The van der Waals surface area contributed by atoms with E-state index in [0.717, 1.165) is 30.9 Å². The van der Waals surface area contributed by atoms with Gasteiger partial charge in [-0.1, -0.05) is 48.5 Å². The summed E-state index contributed by atoms with van der Waals surface area (Å²) in [5, 5.41) is 7.76. The smallest absolute Gasteiger partial charge is 0.255 e. The van der Waals surface area contributed by atoms with Crippen molar-refractivity contribution in [3.8, 4) is 0 Å². The number of aryl methyl sites for hydroxylation is 1. The second-order valence-electron chi connectivity index (χ2n) is 7.84. The topological polar surface area (TPSA) is 50.2 Å². The zero-order valence-corrected chi connectivity index (χ0v) is 17.1. The summed E-state index contributed by atoms with van der Waals surface area (Å²) in [7, 11) is 0. The number of para-hydroxylation sites is 1. The molecule has 1 N–H and O–H groups in total. The monoisotopic (exact) mass is 388 g/mol. The fraction of sp³-hybridized carbons (Fsp3) is 0.333. The molecule has 1 aromatic heterocycles. The molecule has 5 heteroatoms. The van der Waals surface area contributed by atoms with Gasteiger partial charge < -0.3 is 10.2 Å². The van der Waals surface area contributed by atoms with Gasteiger partial charge in [0, 0.05) is 31.0 Å². The first-order valence-electron chi connectivity index (χ1n) is 10.3. The maximum Gasteiger partial charge on any atom is 0.255 e. The minimum atomic E-state index is -0.0162. The lowest BCUT2D eigenvalue weighted by Crippen LogP contribution is -2.31. The van der Waals surface area contributed by atoms with Crippen LogP contribution >= 0.6 is 0 Å². The second-order valence-corrected chi connectivity index (χ2v) is 7.84. The third-order valence-corrected chi connectivity index (χ3v) is 5.74. The summed E-state index contributed by atoms with van der Waals surface area (Å²) in [6.07, 6.45) is 1.10. The van der Waals surface area contributed by atoms with Crippen LogP contribution in [-0.4, -0.2) is 35.3 Å². The number of amides is 1. The van der Waals surface area contributed by atoms with E-state index in [1.54, 1.807) is 0 Å². The van der Waals surface area contributed by atoms with E-state index >= 15 is 0 Å². The SMILES string of the molecule is Cc1nn(Cc2ccccc2)c(C)c1C(=O)NCC1CCN(c2ccccc2)C1. The number of carbonyl (C=O) groups is 1. The highest BCUT2D eigenvalue weighted by atomic mass is 16.1. The lowest BCUT2D eigenvalue weighted by Gasteiger charge is -2.18. The minimum absolute atomic E-state index is 0.0162. The number of rotatable bonds is 6. The maximum atomic E-state index is 12.9. The van der Waals surface area contributed by atoms with Crippen LogP contribution in [0.5, 0.6) is 0 Å². The van der Waals surface area contributed by atoms with Crippen LogP contribution in [0.15, 0.2) is 60.7 Å². The number of hydrogen-bond acceptors (Lipinski definition) is 3. The first-order chi connectivity index (χ1) is 14.1. The summed E-state index contributed by atoms with van der Waals surface area (Å²) in [4.78, 5) is 15.3. The van der Waals surface area contributed by atoms with Gasteiger partial charge in [-0.25, -0.2) is 0 Å². The number of benzene rings is 2. The van der Waals surface area contributed by atoms with Crippen LogP contribution in [0.4, 0.5) is 5.69 Å². The van der Waals surface area contributed by atoms with Crippen LogP contribution in [0.25, 0.3) is 0 Å². The standard InChI is InChI=1S/C24H28N4O/c1-18-23(19(2)28(26-18)17-20-9-5-3-6-10-20)24(29)25-15-21-13-14-27(16-21)22-11-7-4-8-12-22/h3-12,21H,13-17H2,1-2H3,(H,25,29). The van der Waals surface area contributed by atoms with Crippen molar-refractivity contribution in [3.05, 3.63) is 83.2 Å². The number of nitrogens with one attached hydrogen (secondary N) is 1. The molecule has 0 bridgehead atoms. The Morgan fingerprint density at radius 3 is 2.48 bits per heavy atom. The lowest BCUT2D eigenvalue weighted by atomic mass is 10.1. The molecule has 0 saturated carbocycles. The Labute approximate surface area is 172 Å². The van der Waals surface area contributed by atoms with E-state index in [1.165, 1.54) is 11.3 Å². The average Bonchev–Trinajstić information content (AvgIpc) is 3.32. The lowest BCUT2D eigenvalue weighted by molar-refractivity contribution is 0.0947. The Morgan fingerprint density at radius 1 is 1.07 bits per heavy atom. The molecule has 3 aromatic rings. The Kier molecular flexibility index (Phi) is 5.65. The van der Waals surface area contributed by atoms with Gasteiger partial charge in [-0.3, -0.25) is 9.48 Å². The normalized spacial score (nSPS) is 16.2. The third kappa shape index (κ3) is 4.34. The van der Waals surface area contributed by atoms with Gasteiger partial charge in [0.1, 0.15) is 0 Å². The molecule has 150 valence electrons. The van der Waals surface area contributed by atoms with Crippen molar-refractivity contribution in [1.82, 2.24) is 15.1 Å². The second kappa shape index (κ2) is 8.52. The summed E-state index contributed by atoms with van der Waals surface area (Å²) in [6, 6.07) is 20.7. The predicted octanol–water partition coefficient (Wildman–Crippen LogP) is 3.80. The molecular formula is C24H28N4O. The number of hydrogen-bond donors (Lipinski definition) is 1. The van der Waals surface area contributed by atoms with Gasteiger partial charge in [0.05, 0.1) is 17.8 Å². The molecule has 2 aromatic carbocycles. The van der Waals surface area contributed by atoms with Gasteiger partial charge in [0.15, 0.2) is 0 Å². The molecule has 1 unspecified atom stereocenters. The van der Waals surface area contributed by atoms with Gasteiger partial charge in [0.25, 0.3) is 5.91 Å². The van der Waals surface area contributed by atoms with Crippen LogP contribution in [0.2, 0.25) is 0 Å². The van der Waals surface area contributed by atoms with E-state index in [1.807, 2.05) is 42.8 Å². The Hall–Kier alpha value is -3.08. The van der Waals surface area contributed by atoms with E-state index in [2.05, 4.69) is 51.7 Å².